The lowest BCUT2D eigenvalue weighted by molar-refractivity contribution is -0.187. The van der Waals surface area contributed by atoms with Gasteiger partial charge in [0.2, 0.25) is 0 Å². The molecule has 1 N–H and O–H groups in total. The van der Waals surface area contributed by atoms with E-state index in [4.69, 9.17) is 5.11 Å². The van der Waals surface area contributed by atoms with E-state index in [-0.39, 0.29) is 5.56 Å². The second kappa shape index (κ2) is 6.23. The van der Waals surface area contributed by atoms with Gasteiger partial charge in [-0.2, -0.15) is 18.3 Å². The van der Waals surface area contributed by atoms with Crippen LogP contribution in [-0.2, 0) is 4.79 Å². The molecular weight excluding hydrogens is 339 g/mol. The molecule has 25 heavy (non-hydrogen) atoms. The Kier molecular flexibility index (Phi) is 4.23. The average molecular weight is 353 g/mol. The first-order valence-corrected chi connectivity index (χ1v) is 7.46. The van der Waals surface area contributed by atoms with E-state index in [2.05, 4.69) is 5.10 Å². The van der Waals surface area contributed by atoms with Crippen LogP contribution in [-0.4, -0.2) is 50.9 Å². The highest BCUT2D eigenvalue weighted by molar-refractivity contribution is 5.94. The first-order chi connectivity index (χ1) is 11.8. The third kappa shape index (κ3) is 3.35. The molecule has 0 unspecified atom stereocenters. The zero-order valence-corrected chi connectivity index (χ0v) is 12.8. The van der Waals surface area contributed by atoms with Gasteiger partial charge in [-0.25, -0.2) is 4.68 Å². The Hall–Kier alpha value is -2.84. The number of benzene rings is 1. The van der Waals surface area contributed by atoms with Crippen molar-refractivity contribution in [3.63, 3.8) is 0 Å². The number of rotatable bonds is 3. The van der Waals surface area contributed by atoms with Gasteiger partial charge in [-0.3, -0.25) is 9.59 Å². The fourth-order valence-electron chi connectivity index (χ4n) is 2.89. The van der Waals surface area contributed by atoms with Gasteiger partial charge in [-0.05, 0) is 12.1 Å². The number of aromatic nitrogens is 2. The third-order valence-electron chi connectivity index (χ3n) is 4.19. The van der Waals surface area contributed by atoms with Crippen LogP contribution in [0.5, 0.6) is 0 Å². The molecule has 2 atom stereocenters. The molecule has 1 aliphatic rings. The molecule has 0 aliphatic carbocycles. The Balaban J connectivity index is 1.80. The smallest absolute Gasteiger partial charge is 0.394 e. The van der Waals surface area contributed by atoms with Crippen molar-refractivity contribution in [3.8, 4) is 5.69 Å². The Labute approximate surface area is 140 Å². The maximum Gasteiger partial charge on any atom is 0.394 e. The minimum atomic E-state index is -4.67. The molecule has 132 valence electrons. The van der Waals surface area contributed by atoms with Crippen molar-refractivity contribution < 1.29 is 27.9 Å². The number of amides is 1. The average Bonchev–Trinajstić information content (AvgIpc) is 3.22. The summed E-state index contributed by atoms with van der Waals surface area (Å²) in [5.74, 6) is -5.95. The number of carboxylic acid groups (broad SMARTS) is 1. The number of carboxylic acids is 1. The number of carbonyl (C=O) groups is 2. The fourth-order valence-corrected chi connectivity index (χ4v) is 2.89. The van der Waals surface area contributed by atoms with E-state index in [1.807, 2.05) is 6.07 Å². The van der Waals surface area contributed by atoms with Gasteiger partial charge in [0.1, 0.15) is 0 Å². The van der Waals surface area contributed by atoms with Gasteiger partial charge in [0.15, 0.2) is 0 Å². The van der Waals surface area contributed by atoms with Crippen LogP contribution in [0, 0.1) is 11.8 Å². The second-order valence-electron chi connectivity index (χ2n) is 5.81. The lowest BCUT2D eigenvalue weighted by Crippen LogP contribution is -2.34. The van der Waals surface area contributed by atoms with Gasteiger partial charge < -0.3 is 10.0 Å². The highest BCUT2D eigenvalue weighted by Gasteiger charge is 2.53. The highest BCUT2D eigenvalue weighted by atomic mass is 19.4. The van der Waals surface area contributed by atoms with E-state index < -0.39 is 43.0 Å². The zero-order valence-electron chi connectivity index (χ0n) is 12.8. The molecule has 1 aromatic heterocycles. The van der Waals surface area contributed by atoms with E-state index in [1.165, 1.54) is 17.1 Å². The monoisotopic (exact) mass is 353 g/mol. The molecule has 1 saturated heterocycles. The Morgan fingerprint density at radius 2 is 1.84 bits per heavy atom. The Morgan fingerprint density at radius 3 is 2.40 bits per heavy atom. The van der Waals surface area contributed by atoms with Crippen LogP contribution >= 0.6 is 0 Å². The van der Waals surface area contributed by atoms with Crippen molar-refractivity contribution in [1.82, 2.24) is 14.7 Å². The second-order valence-corrected chi connectivity index (χ2v) is 5.81. The van der Waals surface area contributed by atoms with Crippen molar-refractivity contribution >= 4 is 11.9 Å². The topological polar surface area (TPSA) is 75.4 Å². The van der Waals surface area contributed by atoms with Gasteiger partial charge in [0.05, 0.1) is 29.3 Å². The van der Waals surface area contributed by atoms with Gasteiger partial charge >= 0.3 is 12.1 Å². The number of nitrogens with zero attached hydrogens (tertiary/aromatic N) is 3. The fraction of sp³-hybridized carbons (Fsp3) is 0.312. The maximum absolute atomic E-state index is 13.0. The number of aliphatic carboxylic acids is 1. The van der Waals surface area contributed by atoms with Crippen LogP contribution in [0.15, 0.2) is 42.7 Å². The SMILES string of the molecule is O=C(O)[C@@H]1CN(C(=O)c2cnn(-c3ccccc3)c2)C[C@H]1C(F)(F)F. The molecule has 1 fully saturated rings. The summed E-state index contributed by atoms with van der Waals surface area (Å²) in [6, 6.07) is 8.90. The highest BCUT2D eigenvalue weighted by Crippen LogP contribution is 2.38. The van der Waals surface area contributed by atoms with E-state index in [9.17, 15) is 22.8 Å². The number of halogens is 3. The van der Waals surface area contributed by atoms with Crippen molar-refractivity contribution in [2.45, 2.75) is 6.18 Å². The normalized spacial score (nSPS) is 20.7. The summed E-state index contributed by atoms with van der Waals surface area (Å²) < 4.78 is 40.5. The molecule has 1 aromatic carbocycles. The summed E-state index contributed by atoms with van der Waals surface area (Å²) >= 11 is 0. The molecule has 3 rings (SSSR count). The molecule has 0 spiro atoms. The lowest BCUT2D eigenvalue weighted by atomic mass is 9.96. The standard InChI is InChI=1S/C16H14F3N3O3/c17-16(18,19)13-9-21(8-12(13)15(24)25)14(23)10-6-20-22(7-10)11-4-2-1-3-5-11/h1-7,12-13H,8-9H2,(H,24,25)/t12-,13-/m1/s1. The van der Waals surface area contributed by atoms with Gasteiger partial charge in [0.25, 0.3) is 5.91 Å². The summed E-state index contributed by atoms with van der Waals surface area (Å²) in [4.78, 5) is 24.5. The van der Waals surface area contributed by atoms with Crippen molar-refractivity contribution in [1.29, 1.82) is 0 Å². The van der Waals surface area contributed by atoms with Crippen LogP contribution in [0.3, 0.4) is 0 Å². The first kappa shape index (κ1) is 17.0. The van der Waals surface area contributed by atoms with E-state index >= 15 is 0 Å². The van der Waals surface area contributed by atoms with Crippen LogP contribution in [0.4, 0.5) is 13.2 Å². The molecule has 0 saturated carbocycles. The van der Waals surface area contributed by atoms with E-state index in [0.29, 0.717) is 5.69 Å². The predicted octanol–water partition coefficient (Wildman–Crippen LogP) is 2.21. The molecule has 2 heterocycles. The van der Waals surface area contributed by atoms with Crippen molar-refractivity contribution in [2.24, 2.45) is 11.8 Å². The molecule has 0 bridgehead atoms. The number of para-hydroxylation sites is 1. The number of carbonyl (C=O) groups excluding carboxylic acids is 1. The van der Waals surface area contributed by atoms with Crippen molar-refractivity contribution in [2.75, 3.05) is 13.1 Å². The summed E-state index contributed by atoms with van der Waals surface area (Å²) in [5.41, 5.74) is 0.801. The summed E-state index contributed by atoms with van der Waals surface area (Å²) in [6.07, 6.45) is -2.01. The van der Waals surface area contributed by atoms with Crippen molar-refractivity contribution in [3.05, 3.63) is 48.3 Å². The maximum atomic E-state index is 13.0. The summed E-state index contributed by atoms with van der Waals surface area (Å²) in [6.45, 7) is -1.15. The Morgan fingerprint density at radius 1 is 1.16 bits per heavy atom. The number of likely N-dealkylation sites (tertiary alicyclic amines) is 1. The van der Waals surface area contributed by atoms with Crippen LogP contribution in [0.2, 0.25) is 0 Å². The largest absolute Gasteiger partial charge is 0.481 e. The molecular formula is C16H14F3N3O3. The van der Waals surface area contributed by atoms with E-state index in [1.54, 1.807) is 24.3 Å². The van der Waals surface area contributed by atoms with E-state index in [0.717, 1.165) is 4.90 Å². The molecule has 0 radical (unpaired) electrons. The predicted molar refractivity (Wildman–Crippen MR) is 80.1 cm³/mol. The quantitative estimate of drug-likeness (QED) is 0.918. The number of hydrogen-bond acceptors (Lipinski definition) is 3. The van der Waals surface area contributed by atoms with Gasteiger partial charge in [-0.15, -0.1) is 0 Å². The zero-order chi connectivity index (χ0) is 18.2. The van der Waals surface area contributed by atoms with Crippen LogP contribution < -0.4 is 0 Å². The lowest BCUT2D eigenvalue weighted by Gasteiger charge is -2.18. The molecule has 1 amide bonds. The molecule has 1 aliphatic heterocycles. The minimum Gasteiger partial charge on any atom is -0.481 e. The molecule has 6 nitrogen and oxygen atoms in total. The van der Waals surface area contributed by atoms with Gasteiger partial charge in [0, 0.05) is 19.3 Å². The number of hydrogen-bond donors (Lipinski definition) is 1. The van der Waals surface area contributed by atoms with Gasteiger partial charge in [-0.1, -0.05) is 18.2 Å². The molecule has 2 aromatic rings. The van der Waals surface area contributed by atoms with Crippen LogP contribution in [0.1, 0.15) is 10.4 Å². The third-order valence-corrected chi connectivity index (χ3v) is 4.19. The minimum absolute atomic E-state index is 0.107. The summed E-state index contributed by atoms with van der Waals surface area (Å²) in [5, 5.41) is 13.0. The number of alkyl halides is 3. The summed E-state index contributed by atoms with van der Waals surface area (Å²) in [7, 11) is 0. The Bertz CT molecular complexity index is 789. The van der Waals surface area contributed by atoms with Crippen LogP contribution in [0.25, 0.3) is 5.69 Å². The molecule has 9 heteroatoms. The first-order valence-electron chi connectivity index (χ1n) is 7.46.